The first-order valence-electron chi connectivity index (χ1n) is 6.49. The van der Waals surface area contributed by atoms with Gasteiger partial charge in [-0.1, -0.05) is 37.1 Å². The van der Waals surface area contributed by atoms with Gasteiger partial charge in [0, 0.05) is 6.20 Å². The fourth-order valence-corrected chi connectivity index (χ4v) is 3.49. The molecule has 0 aliphatic carbocycles. The Hall–Kier alpha value is -1.73. The zero-order valence-corrected chi connectivity index (χ0v) is 13.0. The number of amides is 2. The number of urea groups is 1. The highest BCUT2D eigenvalue weighted by molar-refractivity contribution is 7.90. The Bertz CT molecular complexity index is 660. The van der Waals surface area contributed by atoms with Gasteiger partial charge in [-0.3, -0.25) is 0 Å². The molecular formula is C13H16ClN3O3S. The molecule has 6 nitrogen and oxygen atoms in total. The fourth-order valence-electron chi connectivity index (χ4n) is 2.03. The number of carbonyl (C=O) groups excluding carboxylic acids is 1. The molecule has 0 aromatic heterocycles. The standard InChI is InChI=1S/C13H16ClN3O3S/c1-2-5-10-8-9-15-17(10)13(18)16-21(19,20)12-7-4-3-6-11(12)14/h3-4,6-10,15H,2,5H2,1H3,(H,16,18). The molecule has 1 atom stereocenters. The molecule has 1 aromatic carbocycles. The summed E-state index contributed by atoms with van der Waals surface area (Å²) >= 11 is 5.86. The van der Waals surface area contributed by atoms with Gasteiger partial charge in [-0.2, -0.15) is 0 Å². The second-order valence-electron chi connectivity index (χ2n) is 4.56. The summed E-state index contributed by atoms with van der Waals surface area (Å²) in [5.74, 6) is 0. The second kappa shape index (κ2) is 6.36. The minimum absolute atomic E-state index is 0.0652. The minimum Gasteiger partial charge on any atom is -0.302 e. The summed E-state index contributed by atoms with van der Waals surface area (Å²) in [6.07, 6.45) is 5.04. The van der Waals surface area contributed by atoms with Crippen molar-refractivity contribution in [1.82, 2.24) is 15.2 Å². The molecular weight excluding hydrogens is 314 g/mol. The lowest BCUT2D eigenvalue weighted by molar-refractivity contribution is 0.177. The maximum atomic E-state index is 12.2. The van der Waals surface area contributed by atoms with Gasteiger partial charge >= 0.3 is 6.03 Å². The van der Waals surface area contributed by atoms with Crippen LogP contribution in [0, 0.1) is 0 Å². The van der Waals surface area contributed by atoms with Crippen molar-refractivity contribution in [3.8, 4) is 0 Å². The van der Waals surface area contributed by atoms with Crippen LogP contribution in [0.5, 0.6) is 0 Å². The highest BCUT2D eigenvalue weighted by atomic mass is 35.5. The first kappa shape index (κ1) is 15.7. The smallest absolute Gasteiger partial charge is 0.302 e. The number of hydrazine groups is 1. The Balaban J connectivity index is 2.14. The molecule has 2 N–H and O–H groups in total. The number of rotatable bonds is 4. The van der Waals surface area contributed by atoms with Crippen molar-refractivity contribution in [2.24, 2.45) is 0 Å². The summed E-state index contributed by atoms with van der Waals surface area (Å²) in [6, 6.07) is 5.05. The Morgan fingerprint density at radius 3 is 2.81 bits per heavy atom. The molecule has 0 radical (unpaired) electrons. The third-order valence-corrected chi connectivity index (χ3v) is 4.83. The number of benzene rings is 1. The first-order valence-corrected chi connectivity index (χ1v) is 8.35. The quantitative estimate of drug-likeness (QED) is 0.888. The number of hydrogen-bond acceptors (Lipinski definition) is 4. The van der Waals surface area contributed by atoms with Crippen LogP contribution in [0.25, 0.3) is 0 Å². The largest absolute Gasteiger partial charge is 0.350 e. The van der Waals surface area contributed by atoms with Crippen molar-refractivity contribution < 1.29 is 13.2 Å². The van der Waals surface area contributed by atoms with E-state index in [9.17, 15) is 13.2 Å². The third kappa shape index (κ3) is 3.48. The topological polar surface area (TPSA) is 78.5 Å². The predicted octanol–water partition coefficient (Wildman–Crippen LogP) is 2.24. The highest BCUT2D eigenvalue weighted by Gasteiger charge is 2.28. The predicted molar refractivity (Wildman–Crippen MR) is 80.0 cm³/mol. The maximum absolute atomic E-state index is 12.2. The number of hydrogen-bond donors (Lipinski definition) is 2. The van der Waals surface area contributed by atoms with Crippen LogP contribution in [-0.2, 0) is 10.0 Å². The normalized spacial score (nSPS) is 17.6. The van der Waals surface area contributed by atoms with E-state index in [0.29, 0.717) is 0 Å². The van der Waals surface area contributed by atoms with E-state index >= 15 is 0 Å². The maximum Gasteiger partial charge on any atom is 0.350 e. The zero-order valence-electron chi connectivity index (χ0n) is 11.4. The highest BCUT2D eigenvalue weighted by Crippen LogP contribution is 2.20. The number of nitrogens with one attached hydrogen (secondary N) is 2. The molecule has 1 unspecified atom stereocenters. The molecule has 0 saturated heterocycles. The molecule has 0 bridgehead atoms. The van der Waals surface area contributed by atoms with Gasteiger partial charge < -0.3 is 5.43 Å². The number of sulfonamides is 1. The first-order chi connectivity index (χ1) is 9.95. The molecule has 2 amide bonds. The van der Waals surface area contributed by atoms with E-state index in [4.69, 9.17) is 11.6 Å². The summed E-state index contributed by atoms with van der Waals surface area (Å²) in [5.41, 5.74) is 2.72. The van der Waals surface area contributed by atoms with E-state index in [2.05, 4.69) is 5.43 Å². The molecule has 2 rings (SSSR count). The van der Waals surface area contributed by atoms with E-state index in [1.54, 1.807) is 18.3 Å². The monoisotopic (exact) mass is 329 g/mol. The Morgan fingerprint density at radius 2 is 2.14 bits per heavy atom. The lowest BCUT2D eigenvalue weighted by Crippen LogP contribution is -2.49. The van der Waals surface area contributed by atoms with Crippen molar-refractivity contribution in [3.63, 3.8) is 0 Å². The Morgan fingerprint density at radius 1 is 1.43 bits per heavy atom. The van der Waals surface area contributed by atoms with E-state index in [-0.39, 0.29) is 16.0 Å². The summed E-state index contributed by atoms with van der Waals surface area (Å²) in [6.45, 7) is 1.99. The van der Waals surface area contributed by atoms with Crippen LogP contribution in [0.2, 0.25) is 5.02 Å². The van der Waals surface area contributed by atoms with Gasteiger partial charge in [0.25, 0.3) is 10.0 Å². The summed E-state index contributed by atoms with van der Waals surface area (Å²) in [4.78, 5) is 12.0. The van der Waals surface area contributed by atoms with E-state index < -0.39 is 16.1 Å². The average Bonchev–Trinajstić information content (AvgIpc) is 2.87. The van der Waals surface area contributed by atoms with Crippen LogP contribution in [0.4, 0.5) is 4.79 Å². The van der Waals surface area contributed by atoms with Gasteiger partial charge in [0.2, 0.25) is 0 Å². The van der Waals surface area contributed by atoms with Crippen LogP contribution in [-0.4, -0.2) is 25.5 Å². The van der Waals surface area contributed by atoms with Crippen LogP contribution in [0.1, 0.15) is 19.8 Å². The van der Waals surface area contributed by atoms with Gasteiger partial charge in [0.05, 0.1) is 11.1 Å². The third-order valence-electron chi connectivity index (χ3n) is 3.01. The van der Waals surface area contributed by atoms with Gasteiger partial charge in [-0.05, 0) is 24.6 Å². The van der Waals surface area contributed by atoms with Crippen LogP contribution in [0.3, 0.4) is 0 Å². The summed E-state index contributed by atoms with van der Waals surface area (Å²) in [7, 11) is -4.01. The molecule has 1 heterocycles. The molecule has 114 valence electrons. The lowest BCUT2D eigenvalue weighted by atomic mass is 10.2. The van der Waals surface area contributed by atoms with Crippen LogP contribution in [0.15, 0.2) is 41.4 Å². The number of halogens is 1. The molecule has 1 aliphatic rings. The fraction of sp³-hybridized carbons (Fsp3) is 0.308. The van der Waals surface area contributed by atoms with Gasteiger partial charge in [-0.15, -0.1) is 0 Å². The van der Waals surface area contributed by atoms with Gasteiger partial charge in [0.15, 0.2) is 0 Å². The summed E-state index contributed by atoms with van der Waals surface area (Å²) < 4.78 is 26.4. The Kier molecular flexibility index (Phi) is 4.74. The average molecular weight is 330 g/mol. The van der Waals surface area contributed by atoms with E-state index in [1.807, 2.05) is 17.7 Å². The van der Waals surface area contributed by atoms with Gasteiger partial charge in [-0.25, -0.2) is 22.9 Å². The van der Waals surface area contributed by atoms with Crippen molar-refractivity contribution in [2.75, 3.05) is 0 Å². The van der Waals surface area contributed by atoms with Crippen LogP contribution >= 0.6 is 11.6 Å². The lowest BCUT2D eigenvalue weighted by Gasteiger charge is -2.24. The van der Waals surface area contributed by atoms with Crippen LogP contribution < -0.4 is 10.1 Å². The molecule has 21 heavy (non-hydrogen) atoms. The van der Waals surface area contributed by atoms with E-state index in [0.717, 1.165) is 12.8 Å². The van der Waals surface area contributed by atoms with Crippen molar-refractivity contribution in [2.45, 2.75) is 30.7 Å². The van der Waals surface area contributed by atoms with Gasteiger partial charge in [0.1, 0.15) is 4.90 Å². The Labute approximate surface area is 128 Å². The molecule has 1 aliphatic heterocycles. The molecule has 0 saturated carbocycles. The molecule has 1 aromatic rings. The van der Waals surface area contributed by atoms with E-state index in [1.165, 1.54) is 17.1 Å². The molecule has 8 heteroatoms. The second-order valence-corrected chi connectivity index (χ2v) is 6.61. The van der Waals surface area contributed by atoms with Crippen molar-refractivity contribution in [3.05, 3.63) is 41.6 Å². The van der Waals surface area contributed by atoms with Crippen molar-refractivity contribution >= 4 is 27.7 Å². The minimum atomic E-state index is -4.01. The number of nitrogens with zero attached hydrogens (tertiary/aromatic N) is 1. The zero-order chi connectivity index (χ0) is 15.5. The SMILES string of the molecule is CCCC1C=CNN1C(=O)NS(=O)(=O)c1ccccc1Cl. The summed E-state index contributed by atoms with van der Waals surface area (Å²) in [5, 5.41) is 1.31. The van der Waals surface area contributed by atoms with Crippen molar-refractivity contribution in [1.29, 1.82) is 0 Å². The molecule has 0 fully saturated rings. The number of carbonyl (C=O) groups is 1. The molecule has 0 spiro atoms.